The number of hydrogen-bond acceptors (Lipinski definition) is 4. The van der Waals surface area contributed by atoms with Crippen molar-refractivity contribution in [3.05, 3.63) is 23.2 Å². The Labute approximate surface area is 148 Å². The van der Waals surface area contributed by atoms with Gasteiger partial charge in [0.2, 0.25) is 0 Å². The van der Waals surface area contributed by atoms with Gasteiger partial charge >= 0.3 is 6.03 Å². The average molecular weight is 357 g/mol. The highest BCUT2D eigenvalue weighted by Crippen LogP contribution is 2.33. The molecule has 0 bridgehead atoms. The third-order valence-corrected chi connectivity index (χ3v) is 4.03. The van der Waals surface area contributed by atoms with E-state index in [0.29, 0.717) is 49.4 Å². The number of benzene rings is 1. The smallest absolute Gasteiger partial charge is 0.322 e. The second-order valence-electron chi connectivity index (χ2n) is 5.62. The van der Waals surface area contributed by atoms with Gasteiger partial charge in [-0.15, -0.1) is 0 Å². The molecule has 1 aliphatic rings. The quantitative estimate of drug-likeness (QED) is 0.813. The maximum Gasteiger partial charge on any atom is 0.322 e. The van der Waals surface area contributed by atoms with Crippen LogP contribution in [0.25, 0.3) is 0 Å². The SMILES string of the molecule is CCCOc1c(Cl)cccc1NC(=O)N1CCOC(CCOC)C1. The highest BCUT2D eigenvalue weighted by molar-refractivity contribution is 6.32. The van der Waals surface area contributed by atoms with Gasteiger partial charge < -0.3 is 24.4 Å². The van der Waals surface area contributed by atoms with E-state index in [1.54, 1.807) is 30.2 Å². The molecule has 1 heterocycles. The predicted octanol–water partition coefficient (Wildman–Crippen LogP) is 3.40. The predicted molar refractivity (Wildman–Crippen MR) is 94.1 cm³/mol. The molecule has 1 aromatic carbocycles. The van der Waals surface area contributed by atoms with Gasteiger partial charge in [-0.25, -0.2) is 4.79 Å². The first-order valence-corrected chi connectivity index (χ1v) is 8.61. The molecule has 0 aliphatic carbocycles. The molecule has 134 valence electrons. The molecule has 1 aromatic rings. The van der Waals surface area contributed by atoms with E-state index in [1.165, 1.54) is 0 Å². The third kappa shape index (κ3) is 5.26. The monoisotopic (exact) mass is 356 g/mol. The number of carbonyl (C=O) groups is 1. The van der Waals surface area contributed by atoms with Gasteiger partial charge in [0.15, 0.2) is 5.75 Å². The molecule has 1 saturated heterocycles. The van der Waals surface area contributed by atoms with Crippen LogP contribution in [0.4, 0.5) is 10.5 Å². The number of amides is 2. The molecule has 1 atom stereocenters. The fourth-order valence-corrected chi connectivity index (χ4v) is 2.71. The van der Waals surface area contributed by atoms with Gasteiger partial charge in [0.25, 0.3) is 0 Å². The van der Waals surface area contributed by atoms with Crippen LogP contribution in [0.15, 0.2) is 18.2 Å². The molecule has 6 nitrogen and oxygen atoms in total. The summed E-state index contributed by atoms with van der Waals surface area (Å²) in [5.74, 6) is 0.513. The van der Waals surface area contributed by atoms with Crippen LogP contribution >= 0.6 is 11.6 Å². The Morgan fingerprint density at radius 3 is 3.04 bits per heavy atom. The molecule has 1 aliphatic heterocycles. The number of urea groups is 1. The summed E-state index contributed by atoms with van der Waals surface area (Å²) < 4.78 is 16.4. The Morgan fingerprint density at radius 1 is 1.46 bits per heavy atom. The zero-order valence-electron chi connectivity index (χ0n) is 14.2. The molecule has 1 N–H and O–H groups in total. The maximum absolute atomic E-state index is 12.6. The van der Waals surface area contributed by atoms with Crippen molar-refractivity contribution in [1.29, 1.82) is 0 Å². The van der Waals surface area contributed by atoms with Crippen molar-refractivity contribution >= 4 is 23.3 Å². The van der Waals surface area contributed by atoms with Crippen molar-refractivity contribution in [2.24, 2.45) is 0 Å². The second-order valence-corrected chi connectivity index (χ2v) is 6.02. The maximum atomic E-state index is 12.6. The van der Waals surface area contributed by atoms with E-state index in [1.807, 2.05) is 6.92 Å². The molecule has 24 heavy (non-hydrogen) atoms. The van der Waals surface area contributed by atoms with Crippen LogP contribution < -0.4 is 10.1 Å². The Hall–Kier alpha value is -1.50. The van der Waals surface area contributed by atoms with Gasteiger partial charge in [0.05, 0.1) is 30.0 Å². The number of morpholine rings is 1. The van der Waals surface area contributed by atoms with Gasteiger partial charge in [-0.3, -0.25) is 0 Å². The lowest BCUT2D eigenvalue weighted by molar-refractivity contribution is -0.0260. The van der Waals surface area contributed by atoms with E-state index in [9.17, 15) is 4.79 Å². The highest BCUT2D eigenvalue weighted by Gasteiger charge is 2.25. The number of hydrogen-bond donors (Lipinski definition) is 1. The minimum absolute atomic E-state index is 0.000349. The van der Waals surface area contributed by atoms with Crippen LogP contribution in [0.5, 0.6) is 5.75 Å². The minimum atomic E-state index is -0.177. The van der Waals surface area contributed by atoms with Crippen LogP contribution in [0, 0.1) is 0 Å². The molecule has 0 aromatic heterocycles. The topological polar surface area (TPSA) is 60.0 Å². The number of nitrogens with one attached hydrogen (secondary N) is 1. The summed E-state index contributed by atoms with van der Waals surface area (Å²) in [6, 6.07) is 5.15. The highest BCUT2D eigenvalue weighted by atomic mass is 35.5. The third-order valence-electron chi connectivity index (χ3n) is 3.73. The van der Waals surface area contributed by atoms with Gasteiger partial charge in [-0.05, 0) is 25.0 Å². The van der Waals surface area contributed by atoms with Gasteiger partial charge in [-0.2, -0.15) is 0 Å². The lowest BCUT2D eigenvalue weighted by Crippen LogP contribution is -2.47. The molecule has 0 radical (unpaired) electrons. The van der Waals surface area contributed by atoms with E-state index >= 15 is 0 Å². The number of nitrogens with zero attached hydrogens (tertiary/aromatic N) is 1. The fourth-order valence-electron chi connectivity index (χ4n) is 2.48. The zero-order valence-corrected chi connectivity index (χ0v) is 15.0. The second kappa shape index (κ2) is 9.71. The molecule has 7 heteroatoms. The summed E-state index contributed by atoms with van der Waals surface area (Å²) in [7, 11) is 1.66. The molecule has 1 unspecified atom stereocenters. The van der Waals surface area contributed by atoms with Crippen LogP contribution in [0.3, 0.4) is 0 Å². The Balaban J connectivity index is 2.00. The number of carbonyl (C=O) groups excluding carboxylic acids is 1. The average Bonchev–Trinajstić information content (AvgIpc) is 2.59. The number of halogens is 1. The standard InChI is InChI=1S/C17H25ClN2O4/c1-3-9-24-16-14(18)5-4-6-15(16)19-17(21)20-8-11-23-13(12-20)7-10-22-2/h4-6,13H,3,7-12H2,1-2H3,(H,19,21). The van der Waals surface area contributed by atoms with E-state index in [0.717, 1.165) is 12.8 Å². The Kier molecular flexibility index (Phi) is 7.62. The lowest BCUT2D eigenvalue weighted by atomic mass is 10.2. The van der Waals surface area contributed by atoms with E-state index < -0.39 is 0 Å². The molecule has 0 saturated carbocycles. The van der Waals surface area contributed by atoms with Gasteiger partial charge in [-0.1, -0.05) is 24.6 Å². The van der Waals surface area contributed by atoms with Crippen molar-refractivity contribution in [2.75, 3.05) is 45.3 Å². The molecule has 2 amide bonds. The fraction of sp³-hybridized carbons (Fsp3) is 0.588. The Morgan fingerprint density at radius 2 is 2.29 bits per heavy atom. The van der Waals surface area contributed by atoms with E-state index in [-0.39, 0.29) is 12.1 Å². The first-order chi connectivity index (χ1) is 11.7. The molecule has 0 spiro atoms. The summed E-state index contributed by atoms with van der Waals surface area (Å²) in [6.45, 7) is 4.80. The van der Waals surface area contributed by atoms with Gasteiger partial charge in [0, 0.05) is 26.8 Å². The van der Waals surface area contributed by atoms with Crippen molar-refractivity contribution in [3.63, 3.8) is 0 Å². The van der Waals surface area contributed by atoms with Gasteiger partial charge in [0.1, 0.15) is 0 Å². The summed E-state index contributed by atoms with van der Waals surface area (Å²) in [5, 5.41) is 3.38. The molecular weight excluding hydrogens is 332 g/mol. The lowest BCUT2D eigenvalue weighted by Gasteiger charge is -2.33. The molecule has 2 rings (SSSR count). The minimum Gasteiger partial charge on any atom is -0.490 e. The summed E-state index contributed by atoms with van der Waals surface area (Å²) >= 11 is 6.19. The number of ether oxygens (including phenoxy) is 3. The number of methoxy groups -OCH3 is 1. The first-order valence-electron chi connectivity index (χ1n) is 8.23. The summed E-state index contributed by atoms with van der Waals surface area (Å²) in [6.07, 6.45) is 1.63. The Bertz CT molecular complexity index is 541. The van der Waals surface area contributed by atoms with Crippen LogP contribution in [-0.2, 0) is 9.47 Å². The number of anilines is 1. The van der Waals surface area contributed by atoms with E-state index in [2.05, 4.69) is 5.32 Å². The number of rotatable bonds is 7. The molecular formula is C17H25ClN2O4. The van der Waals surface area contributed by atoms with E-state index in [4.69, 9.17) is 25.8 Å². The van der Waals surface area contributed by atoms with Crippen molar-refractivity contribution in [1.82, 2.24) is 4.90 Å². The van der Waals surface area contributed by atoms with Crippen LogP contribution in [-0.4, -0.2) is 57.1 Å². The van der Waals surface area contributed by atoms with Crippen molar-refractivity contribution in [2.45, 2.75) is 25.9 Å². The number of para-hydroxylation sites is 1. The largest absolute Gasteiger partial charge is 0.490 e. The van der Waals surface area contributed by atoms with Crippen LogP contribution in [0.1, 0.15) is 19.8 Å². The molecule has 1 fully saturated rings. The normalized spacial score (nSPS) is 17.6. The van der Waals surface area contributed by atoms with Crippen LogP contribution in [0.2, 0.25) is 5.02 Å². The summed E-state index contributed by atoms with van der Waals surface area (Å²) in [4.78, 5) is 14.3. The first kappa shape index (κ1) is 18.8. The zero-order chi connectivity index (χ0) is 17.4. The summed E-state index contributed by atoms with van der Waals surface area (Å²) in [5.41, 5.74) is 0.584. The van der Waals surface area contributed by atoms with Crippen molar-refractivity contribution in [3.8, 4) is 5.75 Å². The van der Waals surface area contributed by atoms with Crippen molar-refractivity contribution < 1.29 is 19.0 Å².